The fourth-order valence-electron chi connectivity index (χ4n) is 2.78. The van der Waals surface area contributed by atoms with Gasteiger partial charge in [-0.2, -0.15) is 0 Å². The van der Waals surface area contributed by atoms with Crippen LogP contribution in [0.5, 0.6) is 5.75 Å². The second-order valence-electron chi connectivity index (χ2n) is 6.22. The Morgan fingerprint density at radius 2 is 1.92 bits per heavy atom. The summed E-state index contributed by atoms with van der Waals surface area (Å²) in [4.78, 5) is 14.4. The van der Waals surface area contributed by atoms with E-state index >= 15 is 0 Å². The molecule has 1 amide bonds. The normalized spacial score (nSPS) is 15.6. The van der Waals surface area contributed by atoms with E-state index in [1.807, 2.05) is 0 Å². The van der Waals surface area contributed by atoms with Gasteiger partial charge in [-0.25, -0.2) is 13.1 Å². The van der Waals surface area contributed by atoms with Gasteiger partial charge in [-0.1, -0.05) is 0 Å². The van der Waals surface area contributed by atoms with Crippen LogP contribution in [0.25, 0.3) is 0 Å². The Bertz CT molecular complexity index is 680. The molecule has 0 unspecified atom stereocenters. The summed E-state index contributed by atoms with van der Waals surface area (Å²) in [7, 11) is -3.74. The Morgan fingerprint density at radius 1 is 1.25 bits per heavy atom. The molecular weight excluding hydrogens is 328 g/mol. The quantitative estimate of drug-likeness (QED) is 0.851. The highest BCUT2D eigenvalue weighted by molar-refractivity contribution is 7.89. The van der Waals surface area contributed by atoms with Crippen molar-refractivity contribution in [3.63, 3.8) is 0 Å². The molecular formula is C17H26N2O4S. The maximum absolute atomic E-state index is 12.6. The molecule has 0 spiro atoms. The van der Waals surface area contributed by atoms with Gasteiger partial charge in [-0.3, -0.25) is 4.79 Å². The number of piperidine rings is 1. The number of nitrogens with zero attached hydrogens (tertiary/aromatic N) is 1. The molecule has 1 aromatic rings. The van der Waals surface area contributed by atoms with Gasteiger partial charge in [0.05, 0.1) is 6.61 Å². The highest BCUT2D eigenvalue weighted by atomic mass is 32.2. The summed E-state index contributed by atoms with van der Waals surface area (Å²) in [5.41, 5.74) is 0.379. The van der Waals surface area contributed by atoms with Crippen LogP contribution in [0.3, 0.4) is 0 Å². The van der Waals surface area contributed by atoms with Crippen molar-refractivity contribution in [3.8, 4) is 5.75 Å². The molecule has 0 radical (unpaired) electrons. The Balaban J connectivity index is 2.38. The standard InChI is InChI=1S/C17H26N2O4S/c1-4-23-15-9-8-14(17(20)19-10-6-5-7-11-19)12-16(15)24(21,22)18-13(2)3/h8-9,12-13,18H,4-7,10-11H2,1-3H3. The number of sulfonamides is 1. The molecule has 134 valence electrons. The lowest BCUT2D eigenvalue weighted by molar-refractivity contribution is 0.0724. The zero-order valence-corrected chi connectivity index (χ0v) is 15.4. The minimum absolute atomic E-state index is 0.0147. The molecule has 0 atom stereocenters. The number of ether oxygens (including phenoxy) is 1. The summed E-state index contributed by atoms with van der Waals surface area (Å²) >= 11 is 0. The van der Waals surface area contributed by atoms with Crippen LogP contribution in [-0.4, -0.2) is 45.0 Å². The van der Waals surface area contributed by atoms with E-state index in [9.17, 15) is 13.2 Å². The molecule has 1 aliphatic rings. The van der Waals surface area contributed by atoms with Crippen LogP contribution < -0.4 is 9.46 Å². The van der Waals surface area contributed by atoms with Crippen molar-refractivity contribution in [2.75, 3.05) is 19.7 Å². The molecule has 2 rings (SSSR count). The summed E-state index contributed by atoms with van der Waals surface area (Å²) < 4.78 is 33.1. The third kappa shape index (κ3) is 4.48. The molecule has 0 aliphatic carbocycles. The van der Waals surface area contributed by atoms with Crippen molar-refractivity contribution in [2.45, 2.75) is 51.0 Å². The van der Waals surface area contributed by atoms with E-state index in [1.54, 1.807) is 37.8 Å². The number of carbonyl (C=O) groups excluding carboxylic acids is 1. The summed E-state index contributed by atoms with van der Waals surface area (Å²) in [6.07, 6.45) is 3.11. The molecule has 1 saturated heterocycles. The molecule has 1 fully saturated rings. The first-order valence-electron chi connectivity index (χ1n) is 8.43. The fraction of sp³-hybridized carbons (Fsp3) is 0.588. The summed E-state index contributed by atoms with van der Waals surface area (Å²) in [5.74, 6) is 0.139. The minimum Gasteiger partial charge on any atom is -0.492 e. The summed E-state index contributed by atoms with van der Waals surface area (Å²) in [5, 5.41) is 0. The predicted molar refractivity (Wildman–Crippen MR) is 92.8 cm³/mol. The maximum atomic E-state index is 12.6. The Hall–Kier alpha value is -1.60. The van der Waals surface area contributed by atoms with Crippen LogP contribution in [0.15, 0.2) is 23.1 Å². The van der Waals surface area contributed by atoms with Gasteiger partial charge in [0.15, 0.2) is 0 Å². The van der Waals surface area contributed by atoms with Gasteiger partial charge in [0, 0.05) is 24.7 Å². The van der Waals surface area contributed by atoms with Gasteiger partial charge in [0.1, 0.15) is 10.6 Å². The third-order valence-electron chi connectivity index (χ3n) is 3.81. The van der Waals surface area contributed by atoms with Gasteiger partial charge in [0.25, 0.3) is 5.91 Å². The number of likely N-dealkylation sites (tertiary alicyclic amines) is 1. The molecule has 1 aromatic carbocycles. The number of rotatable bonds is 6. The first kappa shape index (κ1) is 18.7. The second-order valence-corrected chi connectivity index (χ2v) is 7.91. The van der Waals surface area contributed by atoms with E-state index in [0.717, 1.165) is 32.4 Å². The lowest BCUT2D eigenvalue weighted by Crippen LogP contribution is -2.36. The summed E-state index contributed by atoms with van der Waals surface area (Å²) in [6, 6.07) is 4.38. The molecule has 1 N–H and O–H groups in total. The van der Waals surface area contributed by atoms with Crippen molar-refractivity contribution >= 4 is 15.9 Å². The molecule has 1 aliphatic heterocycles. The molecule has 6 nitrogen and oxygen atoms in total. The van der Waals surface area contributed by atoms with E-state index in [2.05, 4.69) is 4.72 Å². The van der Waals surface area contributed by atoms with Crippen molar-refractivity contribution in [2.24, 2.45) is 0 Å². The SMILES string of the molecule is CCOc1ccc(C(=O)N2CCCCC2)cc1S(=O)(=O)NC(C)C. The maximum Gasteiger partial charge on any atom is 0.253 e. The van der Waals surface area contributed by atoms with Gasteiger partial charge >= 0.3 is 0 Å². The van der Waals surface area contributed by atoms with E-state index in [1.165, 1.54) is 6.07 Å². The Labute approximate surface area is 144 Å². The van der Waals surface area contributed by atoms with Crippen molar-refractivity contribution in [3.05, 3.63) is 23.8 Å². The second kappa shape index (κ2) is 7.98. The number of benzene rings is 1. The number of carbonyl (C=O) groups is 1. The van der Waals surface area contributed by atoms with E-state index < -0.39 is 10.0 Å². The number of hydrogen-bond acceptors (Lipinski definition) is 4. The number of amides is 1. The third-order valence-corrected chi connectivity index (χ3v) is 5.49. The predicted octanol–water partition coefficient (Wildman–Crippen LogP) is 2.40. The van der Waals surface area contributed by atoms with Gasteiger partial charge in [-0.15, -0.1) is 0 Å². The minimum atomic E-state index is -3.74. The first-order valence-corrected chi connectivity index (χ1v) is 9.92. The van der Waals surface area contributed by atoms with Crippen LogP contribution in [-0.2, 0) is 10.0 Å². The molecule has 0 bridgehead atoms. The largest absolute Gasteiger partial charge is 0.492 e. The average Bonchev–Trinajstić information content (AvgIpc) is 2.54. The lowest BCUT2D eigenvalue weighted by Gasteiger charge is -2.27. The highest BCUT2D eigenvalue weighted by Gasteiger charge is 2.25. The molecule has 7 heteroatoms. The van der Waals surface area contributed by atoms with Crippen molar-refractivity contribution < 1.29 is 17.9 Å². The van der Waals surface area contributed by atoms with Crippen molar-refractivity contribution in [1.82, 2.24) is 9.62 Å². The number of hydrogen-bond donors (Lipinski definition) is 1. The van der Waals surface area contributed by atoms with Crippen LogP contribution >= 0.6 is 0 Å². The Kier molecular flexibility index (Phi) is 6.23. The van der Waals surface area contributed by atoms with Gasteiger partial charge in [0.2, 0.25) is 10.0 Å². The molecule has 1 heterocycles. The topological polar surface area (TPSA) is 75.7 Å². The first-order chi connectivity index (χ1) is 11.3. The highest BCUT2D eigenvalue weighted by Crippen LogP contribution is 2.26. The van der Waals surface area contributed by atoms with Crippen LogP contribution in [0.1, 0.15) is 50.4 Å². The zero-order chi connectivity index (χ0) is 17.7. The van der Waals surface area contributed by atoms with Gasteiger partial charge < -0.3 is 9.64 Å². The van der Waals surface area contributed by atoms with Crippen LogP contribution in [0, 0.1) is 0 Å². The molecule has 0 saturated carbocycles. The molecule has 24 heavy (non-hydrogen) atoms. The van der Waals surface area contributed by atoms with E-state index in [0.29, 0.717) is 12.2 Å². The van der Waals surface area contributed by atoms with Crippen LogP contribution in [0.2, 0.25) is 0 Å². The zero-order valence-electron chi connectivity index (χ0n) is 14.5. The Morgan fingerprint density at radius 3 is 2.50 bits per heavy atom. The smallest absolute Gasteiger partial charge is 0.253 e. The fourth-order valence-corrected chi connectivity index (χ4v) is 4.20. The van der Waals surface area contributed by atoms with Gasteiger partial charge in [-0.05, 0) is 58.2 Å². The monoisotopic (exact) mass is 354 g/mol. The van der Waals surface area contributed by atoms with Crippen LogP contribution in [0.4, 0.5) is 0 Å². The van der Waals surface area contributed by atoms with E-state index in [4.69, 9.17) is 4.74 Å². The summed E-state index contributed by atoms with van der Waals surface area (Å²) in [6.45, 7) is 7.08. The lowest BCUT2D eigenvalue weighted by atomic mass is 10.1. The average molecular weight is 354 g/mol. The van der Waals surface area contributed by atoms with E-state index in [-0.39, 0.29) is 22.6 Å². The molecule has 0 aromatic heterocycles. The van der Waals surface area contributed by atoms with Crippen molar-refractivity contribution in [1.29, 1.82) is 0 Å². The number of nitrogens with one attached hydrogen (secondary N) is 1.